The van der Waals surface area contributed by atoms with E-state index in [1.165, 1.54) is 6.42 Å². The first kappa shape index (κ1) is 20.7. The summed E-state index contributed by atoms with van der Waals surface area (Å²) in [6.45, 7) is 8.65. The van der Waals surface area contributed by atoms with Crippen molar-refractivity contribution in [3.05, 3.63) is 54.1 Å². The average molecular weight is 414 g/mol. The summed E-state index contributed by atoms with van der Waals surface area (Å²) in [5.41, 5.74) is 2.30. The minimum Gasteiger partial charge on any atom is -0.325 e. The Morgan fingerprint density at radius 3 is 2.34 bits per heavy atom. The van der Waals surface area contributed by atoms with Gasteiger partial charge in [0.2, 0.25) is 0 Å². The summed E-state index contributed by atoms with van der Waals surface area (Å²) in [6.07, 6.45) is 3.25. The number of likely N-dealkylation sites (tertiary alicyclic amines) is 1. The van der Waals surface area contributed by atoms with E-state index in [-0.39, 0.29) is 16.6 Å². The van der Waals surface area contributed by atoms with Crippen molar-refractivity contribution in [2.24, 2.45) is 7.05 Å². The van der Waals surface area contributed by atoms with E-state index in [4.69, 9.17) is 11.6 Å². The van der Waals surface area contributed by atoms with Gasteiger partial charge in [0.15, 0.2) is 0 Å². The van der Waals surface area contributed by atoms with Crippen LogP contribution in [0.4, 0.5) is 16.3 Å². The Labute approximate surface area is 175 Å². The minimum absolute atomic E-state index is 0.0987. The number of hydrogen-bond donors (Lipinski definition) is 2. The van der Waals surface area contributed by atoms with Crippen molar-refractivity contribution in [1.82, 2.24) is 14.7 Å². The van der Waals surface area contributed by atoms with Crippen LogP contribution in [-0.4, -0.2) is 39.7 Å². The van der Waals surface area contributed by atoms with Gasteiger partial charge < -0.3 is 10.2 Å². The number of piperidine rings is 1. The summed E-state index contributed by atoms with van der Waals surface area (Å²) in [5, 5.41) is 10.2. The van der Waals surface area contributed by atoms with Crippen molar-refractivity contribution in [3.8, 4) is 11.3 Å². The van der Waals surface area contributed by atoms with Gasteiger partial charge in [0, 0.05) is 42.5 Å². The summed E-state index contributed by atoms with van der Waals surface area (Å²) >= 11 is 5.70. The summed E-state index contributed by atoms with van der Waals surface area (Å²) in [7, 11) is 1.79. The minimum atomic E-state index is -0.404. The van der Waals surface area contributed by atoms with E-state index in [2.05, 4.69) is 28.9 Å². The highest BCUT2D eigenvalue weighted by atomic mass is 35.5. The molecule has 2 N–H and O–H groups in total. The van der Waals surface area contributed by atoms with Gasteiger partial charge in [0.25, 0.3) is 5.91 Å². The Balaban J connectivity index is 1.67. The molecule has 152 valence electrons. The highest BCUT2D eigenvalue weighted by Crippen LogP contribution is 2.24. The van der Waals surface area contributed by atoms with Gasteiger partial charge in [-0.2, -0.15) is 5.10 Å². The molecule has 1 aliphatic rings. The van der Waals surface area contributed by atoms with E-state index in [0.717, 1.165) is 37.2 Å². The van der Waals surface area contributed by atoms with Gasteiger partial charge >= 0.3 is 6.03 Å². The second-order valence-corrected chi connectivity index (χ2v) is 7.39. The zero-order chi connectivity index (χ0) is 21.0. The smallest absolute Gasteiger partial charge is 0.322 e. The van der Waals surface area contributed by atoms with Gasteiger partial charge in [-0.15, -0.1) is 0 Å². The van der Waals surface area contributed by atoms with E-state index in [1.807, 2.05) is 23.1 Å². The van der Waals surface area contributed by atoms with Crippen molar-refractivity contribution in [3.63, 3.8) is 0 Å². The lowest BCUT2D eigenvalue weighted by Crippen LogP contribution is -2.39. The van der Waals surface area contributed by atoms with E-state index >= 15 is 0 Å². The Morgan fingerprint density at radius 1 is 1.07 bits per heavy atom. The van der Waals surface area contributed by atoms with Gasteiger partial charge in [-0.05, 0) is 31.4 Å². The highest BCUT2D eigenvalue weighted by Gasteiger charge is 2.18. The zero-order valence-corrected chi connectivity index (χ0v) is 17.1. The largest absolute Gasteiger partial charge is 0.325 e. The predicted octanol–water partition coefficient (Wildman–Crippen LogP) is 4.35. The van der Waals surface area contributed by atoms with Gasteiger partial charge in [-0.25, -0.2) is 4.79 Å². The first-order valence-corrected chi connectivity index (χ1v) is 9.78. The fourth-order valence-corrected chi connectivity index (χ4v) is 3.15. The summed E-state index contributed by atoms with van der Waals surface area (Å²) < 4.78 is 1.64. The molecular weight excluding hydrogens is 390 g/mol. The number of anilines is 2. The van der Waals surface area contributed by atoms with Crippen molar-refractivity contribution < 1.29 is 9.59 Å². The Kier molecular flexibility index (Phi) is 6.39. The number of nitrogens with one attached hydrogen (secondary N) is 2. The van der Waals surface area contributed by atoms with Crippen molar-refractivity contribution >= 4 is 35.0 Å². The van der Waals surface area contributed by atoms with Crippen LogP contribution < -0.4 is 10.6 Å². The molecule has 3 amide bonds. The number of halogens is 1. The van der Waals surface area contributed by atoms with Crippen LogP contribution in [0.2, 0.25) is 0 Å². The molecule has 3 rings (SSSR count). The maximum Gasteiger partial charge on any atom is 0.322 e. The van der Waals surface area contributed by atoms with Crippen LogP contribution in [0.5, 0.6) is 0 Å². The van der Waals surface area contributed by atoms with Crippen molar-refractivity contribution in [2.75, 3.05) is 23.7 Å². The summed E-state index contributed by atoms with van der Waals surface area (Å²) in [5.74, 6) is 0.225. The number of nitrogens with zero attached hydrogens (tertiary/aromatic N) is 3. The Hall–Kier alpha value is -3.06. The lowest BCUT2D eigenvalue weighted by Gasteiger charge is -2.26. The molecule has 0 atom stereocenters. The first-order chi connectivity index (χ1) is 13.8. The third-order valence-corrected chi connectivity index (χ3v) is 5.03. The molecule has 1 aromatic heterocycles. The highest BCUT2D eigenvalue weighted by molar-refractivity contribution is 6.35. The monoisotopic (exact) mass is 413 g/mol. The van der Waals surface area contributed by atoms with Crippen LogP contribution >= 0.6 is 11.6 Å². The van der Waals surface area contributed by atoms with E-state index < -0.39 is 5.91 Å². The maximum atomic E-state index is 12.4. The molecule has 0 bridgehead atoms. The second kappa shape index (κ2) is 8.96. The molecular formula is C21H24ClN5O2. The van der Waals surface area contributed by atoms with Gasteiger partial charge in [-0.3, -0.25) is 14.8 Å². The number of aromatic nitrogens is 2. The standard InChI is InChI=1S/C21H24ClN5O2/c1-14(15(2)22)20(28)23-17-9-7-16(8-10-17)18-13-19(26(3)25-18)24-21(29)27-11-5-4-6-12-27/h7-10,13H,1-2,4-6,11-12H2,3H3,(H,23,28)(H,24,29). The fourth-order valence-electron chi connectivity index (χ4n) is 3.06. The summed E-state index contributed by atoms with van der Waals surface area (Å²) in [4.78, 5) is 26.2. The average Bonchev–Trinajstić information content (AvgIpc) is 3.08. The van der Waals surface area contributed by atoms with Crippen LogP contribution in [0.25, 0.3) is 11.3 Å². The lowest BCUT2D eigenvalue weighted by molar-refractivity contribution is -0.112. The number of carbonyl (C=O) groups is 2. The quantitative estimate of drug-likeness (QED) is 0.564. The third-order valence-electron chi connectivity index (χ3n) is 4.80. The second-order valence-electron chi connectivity index (χ2n) is 6.93. The molecule has 7 nitrogen and oxygen atoms in total. The molecule has 0 radical (unpaired) electrons. The first-order valence-electron chi connectivity index (χ1n) is 9.40. The topological polar surface area (TPSA) is 79.3 Å². The lowest BCUT2D eigenvalue weighted by atomic mass is 10.1. The van der Waals surface area contributed by atoms with Gasteiger partial charge in [0.05, 0.1) is 11.3 Å². The van der Waals surface area contributed by atoms with Crippen LogP contribution in [0.1, 0.15) is 19.3 Å². The van der Waals surface area contributed by atoms with Crippen LogP contribution in [0.3, 0.4) is 0 Å². The van der Waals surface area contributed by atoms with Crippen molar-refractivity contribution in [2.45, 2.75) is 19.3 Å². The maximum absolute atomic E-state index is 12.4. The number of benzene rings is 1. The number of rotatable bonds is 5. The van der Waals surface area contributed by atoms with Crippen LogP contribution in [-0.2, 0) is 11.8 Å². The molecule has 0 spiro atoms. The normalized spacial score (nSPS) is 13.7. The molecule has 0 unspecified atom stereocenters. The zero-order valence-electron chi connectivity index (χ0n) is 16.4. The van der Waals surface area contributed by atoms with Gasteiger partial charge in [-0.1, -0.05) is 36.9 Å². The molecule has 29 heavy (non-hydrogen) atoms. The third kappa shape index (κ3) is 5.06. The van der Waals surface area contributed by atoms with Crippen molar-refractivity contribution in [1.29, 1.82) is 0 Å². The summed E-state index contributed by atoms with van der Waals surface area (Å²) in [6, 6.07) is 8.93. The molecule has 1 aromatic carbocycles. The Bertz CT molecular complexity index is 942. The van der Waals surface area contributed by atoms with E-state index in [0.29, 0.717) is 11.5 Å². The molecule has 0 aliphatic carbocycles. The predicted molar refractivity (Wildman–Crippen MR) is 116 cm³/mol. The SMILES string of the molecule is C=C(Cl)C(=C)C(=O)Nc1ccc(-c2cc(NC(=O)N3CCCCC3)n(C)n2)cc1. The molecule has 1 saturated heterocycles. The fraction of sp³-hybridized carbons (Fsp3) is 0.286. The molecule has 0 saturated carbocycles. The van der Waals surface area contributed by atoms with Gasteiger partial charge in [0.1, 0.15) is 5.82 Å². The molecule has 1 aliphatic heterocycles. The van der Waals surface area contributed by atoms with Crippen LogP contribution in [0, 0.1) is 0 Å². The number of carbonyl (C=O) groups excluding carboxylic acids is 2. The van der Waals surface area contributed by atoms with E-state index in [9.17, 15) is 9.59 Å². The molecule has 8 heteroatoms. The van der Waals surface area contributed by atoms with Crippen LogP contribution in [0.15, 0.2) is 54.1 Å². The number of aryl methyl sites for hydroxylation is 1. The van der Waals surface area contributed by atoms with E-state index in [1.54, 1.807) is 23.9 Å². The molecule has 2 aromatic rings. The number of amides is 3. The molecule has 2 heterocycles. The molecule has 1 fully saturated rings. The Morgan fingerprint density at radius 2 is 1.72 bits per heavy atom. The number of urea groups is 1. The number of hydrogen-bond acceptors (Lipinski definition) is 3.